The molecule has 1 aromatic heterocycles. The molecule has 1 amide bonds. The van der Waals surface area contributed by atoms with E-state index < -0.39 is 24.0 Å². The fraction of sp³-hybridized carbons (Fsp3) is 0.483. The molecule has 1 saturated heterocycles. The van der Waals surface area contributed by atoms with Gasteiger partial charge in [0.05, 0.1) is 37.6 Å². The smallest absolute Gasteiger partial charge is 0.306 e. The van der Waals surface area contributed by atoms with Gasteiger partial charge in [-0.25, -0.2) is 8.78 Å². The lowest BCUT2D eigenvalue weighted by atomic mass is 9.87. The van der Waals surface area contributed by atoms with Crippen LogP contribution in [0.15, 0.2) is 40.8 Å². The van der Waals surface area contributed by atoms with E-state index in [9.17, 15) is 19.1 Å². The summed E-state index contributed by atoms with van der Waals surface area (Å²) in [6.45, 7) is 0.811. The second kappa shape index (κ2) is 10.6. The number of rotatable bonds is 7. The molecule has 3 heterocycles. The van der Waals surface area contributed by atoms with Gasteiger partial charge < -0.3 is 19.2 Å². The number of hydrogen-bond acceptors (Lipinski definition) is 6. The molecule has 0 bridgehead atoms. The minimum atomic E-state index is -1.17. The minimum Gasteiger partial charge on any atom is -0.481 e. The Hall–Kier alpha value is -3.53. The lowest BCUT2D eigenvalue weighted by Gasteiger charge is -2.29. The van der Waals surface area contributed by atoms with Gasteiger partial charge in [0.15, 0.2) is 11.4 Å². The molecule has 3 aliphatic rings. The van der Waals surface area contributed by atoms with Crippen LogP contribution >= 0.6 is 0 Å². The summed E-state index contributed by atoms with van der Waals surface area (Å²) >= 11 is 0. The Labute approximate surface area is 224 Å². The number of carbonyl (C=O) groups excluding carboxylic acids is 1. The molecule has 2 unspecified atom stereocenters. The molecule has 39 heavy (non-hydrogen) atoms. The molecule has 2 atom stereocenters. The lowest BCUT2D eigenvalue weighted by molar-refractivity contribution is -0.144. The molecule has 2 aliphatic heterocycles. The van der Waals surface area contributed by atoms with Crippen LogP contribution in [-0.2, 0) is 27.2 Å². The van der Waals surface area contributed by atoms with Gasteiger partial charge in [-0.3, -0.25) is 14.5 Å². The average Bonchev–Trinajstić information content (AvgIpc) is 3.65. The first-order valence-electron chi connectivity index (χ1n) is 13.6. The second-order valence-corrected chi connectivity index (χ2v) is 10.8. The van der Waals surface area contributed by atoms with E-state index in [0.717, 1.165) is 12.1 Å². The molecule has 0 spiro atoms. The van der Waals surface area contributed by atoms with Gasteiger partial charge in [0.25, 0.3) is 0 Å². The summed E-state index contributed by atoms with van der Waals surface area (Å²) in [6.07, 6.45) is 1.88. The third kappa shape index (κ3) is 5.09. The second-order valence-electron chi connectivity index (χ2n) is 10.8. The number of benzene rings is 2. The minimum absolute atomic E-state index is 0.00122. The van der Waals surface area contributed by atoms with Crippen molar-refractivity contribution in [3.63, 3.8) is 0 Å². The Kier molecular flexibility index (Phi) is 6.97. The van der Waals surface area contributed by atoms with E-state index >= 15 is 4.39 Å². The molecule has 1 aliphatic carbocycles. The van der Waals surface area contributed by atoms with Crippen LogP contribution in [0.25, 0.3) is 11.1 Å². The highest BCUT2D eigenvalue weighted by Crippen LogP contribution is 2.36. The zero-order valence-electron chi connectivity index (χ0n) is 21.5. The van der Waals surface area contributed by atoms with Crippen LogP contribution in [-0.4, -0.2) is 64.9 Å². The van der Waals surface area contributed by atoms with Crippen molar-refractivity contribution in [3.8, 4) is 0 Å². The van der Waals surface area contributed by atoms with Gasteiger partial charge in [0.2, 0.25) is 5.91 Å². The van der Waals surface area contributed by atoms with E-state index in [0.29, 0.717) is 43.8 Å². The highest BCUT2D eigenvalue weighted by Gasteiger charge is 2.37. The number of carboxylic acid groups (broad SMARTS) is 1. The normalized spacial score (nSPS) is 24.9. The van der Waals surface area contributed by atoms with Crippen molar-refractivity contribution in [2.24, 2.45) is 5.92 Å². The number of oxazole rings is 1. The maximum Gasteiger partial charge on any atom is 0.306 e. The number of carbonyl (C=O) groups is 2. The molecular weight excluding hydrogens is 508 g/mol. The maximum absolute atomic E-state index is 15.5. The predicted octanol–water partition coefficient (Wildman–Crippen LogP) is 4.80. The number of nitrogens with zero attached hydrogens (tertiary/aromatic N) is 3. The number of likely N-dealkylation sites (tertiary alicyclic amines) is 1. The molecule has 3 aromatic rings. The van der Waals surface area contributed by atoms with Crippen LogP contribution in [0.4, 0.5) is 20.5 Å². The van der Waals surface area contributed by atoms with Crippen LogP contribution < -0.4 is 4.90 Å². The molecule has 2 fully saturated rings. The third-order valence-electron chi connectivity index (χ3n) is 8.26. The number of para-hydroxylation sites is 1. The van der Waals surface area contributed by atoms with E-state index in [2.05, 4.69) is 4.98 Å². The van der Waals surface area contributed by atoms with Crippen LogP contribution in [0.1, 0.15) is 43.2 Å². The molecule has 206 valence electrons. The van der Waals surface area contributed by atoms with E-state index in [1.165, 1.54) is 16.5 Å². The highest BCUT2D eigenvalue weighted by atomic mass is 19.1. The molecule has 6 rings (SSSR count). The van der Waals surface area contributed by atoms with Crippen molar-refractivity contribution in [2.75, 3.05) is 24.6 Å². The Bertz CT molecular complexity index is 1390. The number of amides is 1. The summed E-state index contributed by atoms with van der Waals surface area (Å²) in [5, 5.41) is 9.17. The number of anilines is 2. The number of aliphatic carboxylic acids is 1. The van der Waals surface area contributed by atoms with Gasteiger partial charge in [-0.2, -0.15) is 4.98 Å². The Morgan fingerprint density at radius 2 is 1.92 bits per heavy atom. The molecular formula is C29H31F2N3O5. The fourth-order valence-electron chi connectivity index (χ4n) is 6.09. The van der Waals surface area contributed by atoms with Gasteiger partial charge in [-0.15, -0.1) is 0 Å². The summed E-state index contributed by atoms with van der Waals surface area (Å²) in [4.78, 5) is 32.2. The molecule has 2 aromatic carbocycles. The summed E-state index contributed by atoms with van der Waals surface area (Å²) in [5.41, 5.74) is 2.71. The topological polar surface area (TPSA) is 96.1 Å². The van der Waals surface area contributed by atoms with Crippen molar-refractivity contribution in [1.29, 1.82) is 0 Å². The van der Waals surface area contributed by atoms with Crippen LogP contribution in [0.5, 0.6) is 0 Å². The average molecular weight is 540 g/mol. The predicted molar refractivity (Wildman–Crippen MR) is 139 cm³/mol. The van der Waals surface area contributed by atoms with Gasteiger partial charge in [-0.1, -0.05) is 24.3 Å². The first kappa shape index (κ1) is 25.7. The number of ether oxygens (including phenoxy) is 1. The largest absolute Gasteiger partial charge is 0.481 e. The molecule has 1 N–H and O–H groups in total. The zero-order valence-corrected chi connectivity index (χ0v) is 21.5. The van der Waals surface area contributed by atoms with Crippen molar-refractivity contribution < 1.29 is 32.6 Å². The zero-order chi connectivity index (χ0) is 27.1. The summed E-state index contributed by atoms with van der Waals surface area (Å²) in [5.74, 6) is -2.13. The van der Waals surface area contributed by atoms with E-state index in [4.69, 9.17) is 9.15 Å². The maximum atomic E-state index is 15.5. The fourth-order valence-corrected chi connectivity index (χ4v) is 6.09. The standard InChI is InChI=1S/C29H31F2N3O5/c30-20-14-21(16-38-22-8-5-18(6-9-22)28(36)37)34(15-20)25(35)13-19-7-10-23-27(26(19)31)39-29(32-23)33-12-11-17-3-1-2-4-24(17)33/h1-4,7,10,18,20-22H,5-6,8-9,11-16H2,(H,36,37). The van der Waals surface area contributed by atoms with Crippen molar-refractivity contribution >= 4 is 34.7 Å². The summed E-state index contributed by atoms with van der Waals surface area (Å²) in [6, 6.07) is 11.0. The Morgan fingerprint density at radius 3 is 2.72 bits per heavy atom. The third-order valence-corrected chi connectivity index (χ3v) is 8.26. The number of aromatic nitrogens is 1. The Morgan fingerprint density at radius 1 is 1.13 bits per heavy atom. The quantitative estimate of drug-likeness (QED) is 0.461. The summed E-state index contributed by atoms with van der Waals surface area (Å²) < 4.78 is 41.7. The number of carboxylic acids is 1. The van der Waals surface area contributed by atoms with E-state index in [1.54, 1.807) is 6.07 Å². The SMILES string of the molecule is O=C(O)C1CCC(OCC2CC(F)CN2C(=O)Cc2ccc3nc(N4CCc5ccccc54)oc3c2F)CC1. The first-order chi connectivity index (χ1) is 18.9. The van der Waals surface area contributed by atoms with E-state index in [1.807, 2.05) is 29.2 Å². The monoisotopic (exact) mass is 539 g/mol. The van der Waals surface area contributed by atoms with E-state index in [-0.39, 0.29) is 55.1 Å². The Balaban J connectivity index is 1.12. The van der Waals surface area contributed by atoms with Gasteiger partial charge >= 0.3 is 12.0 Å². The molecule has 0 radical (unpaired) electrons. The van der Waals surface area contributed by atoms with Gasteiger partial charge in [-0.05, 0) is 49.8 Å². The lowest BCUT2D eigenvalue weighted by Crippen LogP contribution is -2.40. The van der Waals surface area contributed by atoms with Gasteiger partial charge in [0, 0.05) is 24.2 Å². The molecule has 8 nitrogen and oxygen atoms in total. The number of halogens is 2. The van der Waals surface area contributed by atoms with Crippen molar-refractivity contribution in [3.05, 3.63) is 53.3 Å². The van der Waals surface area contributed by atoms with Crippen LogP contribution in [0.3, 0.4) is 0 Å². The van der Waals surface area contributed by atoms with Crippen LogP contribution in [0.2, 0.25) is 0 Å². The van der Waals surface area contributed by atoms with Gasteiger partial charge in [0.1, 0.15) is 11.7 Å². The number of fused-ring (bicyclic) bond motifs is 2. The molecule has 10 heteroatoms. The van der Waals surface area contributed by atoms with Crippen molar-refractivity contribution in [1.82, 2.24) is 9.88 Å². The highest BCUT2D eigenvalue weighted by molar-refractivity contribution is 5.83. The van der Waals surface area contributed by atoms with Crippen LogP contribution in [0, 0.1) is 11.7 Å². The van der Waals surface area contributed by atoms with Crippen molar-refractivity contribution in [2.45, 2.75) is 63.3 Å². The summed E-state index contributed by atoms with van der Waals surface area (Å²) in [7, 11) is 0. The number of alkyl halides is 1. The number of hydrogen-bond donors (Lipinski definition) is 1. The first-order valence-corrected chi connectivity index (χ1v) is 13.6. The molecule has 1 saturated carbocycles.